The Hall–Kier alpha value is -0.120. The van der Waals surface area contributed by atoms with Gasteiger partial charge in [0.2, 0.25) is 0 Å². The third-order valence-corrected chi connectivity index (χ3v) is 3.54. The molecular weight excluding hydrogens is 164 g/mol. The number of nitrogens with zero attached hydrogens (tertiary/aromatic N) is 1. The molecule has 2 fully saturated rings. The van der Waals surface area contributed by atoms with Crippen molar-refractivity contribution in [1.29, 1.82) is 0 Å². The third-order valence-electron chi connectivity index (χ3n) is 3.54. The highest BCUT2D eigenvalue weighted by Gasteiger charge is 2.35. The maximum atomic E-state index is 5.76. The maximum absolute atomic E-state index is 5.76. The maximum Gasteiger partial charge on any atom is 0.0731 e. The Morgan fingerprint density at radius 2 is 2.31 bits per heavy atom. The van der Waals surface area contributed by atoms with Crippen LogP contribution in [0.2, 0.25) is 0 Å². The van der Waals surface area contributed by atoms with E-state index in [9.17, 15) is 0 Å². The predicted octanol–water partition coefficient (Wildman–Crippen LogP) is 0.444. The number of fused-ring (bicyclic) bond motifs is 1. The van der Waals surface area contributed by atoms with Crippen LogP contribution in [0.3, 0.4) is 0 Å². The lowest BCUT2D eigenvalue weighted by Gasteiger charge is -2.44. The summed E-state index contributed by atoms with van der Waals surface area (Å²) in [5.41, 5.74) is 5.71. The molecule has 3 atom stereocenters. The second-order valence-electron chi connectivity index (χ2n) is 4.37. The minimum absolute atomic E-state index is 0.488. The molecule has 76 valence electrons. The van der Waals surface area contributed by atoms with Gasteiger partial charge in [-0.15, -0.1) is 0 Å². The molecule has 0 amide bonds. The van der Waals surface area contributed by atoms with Crippen molar-refractivity contribution in [1.82, 2.24) is 4.90 Å². The summed E-state index contributed by atoms with van der Waals surface area (Å²) in [5, 5.41) is 0. The Bertz CT molecular complexity index is 174. The van der Waals surface area contributed by atoms with Gasteiger partial charge in [0, 0.05) is 12.6 Å². The van der Waals surface area contributed by atoms with Gasteiger partial charge in [-0.3, -0.25) is 4.90 Å². The van der Waals surface area contributed by atoms with E-state index in [0.29, 0.717) is 12.1 Å². The monoisotopic (exact) mass is 184 g/mol. The second-order valence-corrected chi connectivity index (χ2v) is 4.37. The normalized spacial score (nSPS) is 41.5. The van der Waals surface area contributed by atoms with Crippen molar-refractivity contribution in [3.8, 4) is 0 Å². The number of hydrogen-bond donors (Lipinski definition) is 1. The fraction of sp³-hybridized carbons (Fsp3) is 1.00. The standard InChI is InChI=1S/C10H20N2O/c1-12-4-5-13-10-3-2-8(7-11)6-9(10)12/h8-10H,2-7,11H2,1H3. The zero-order valence-corrected chi connectivity index (χ0v) is 8.41. The van der Waals surface area contributed by atoms with Crippen molar-refractivity contribution in [2.45, 2.75) is 31.4 Å². The minimum Gasteiger partial charge on any atom is -0.375 e. The number of hydrogen-bond acceptors (Lipinski definition) is 3. The van der Waals surface area contributed by atoms with Crippen LogP contribution in [0.5, 0.6) is 0 Å². The third kappa shape index (κ3) is 1.87. The van der Waals surface area contributed by atoms with E-state index >= 15 is 0 Å². The Balaban J connectivity index is 1.97. The molecule has 2 rings (SSSR count). The van der Waals surface area contributed by atoms with Crippen LogP contribution in [0.25, 0.3) is 0 Å². The van der Waals surface area contributed by atoms with Gasteiger partial charge in [0.15, 0.2) is 0 Å². The highest BCUT2D eigenvalue weighted by atomic mass is 16.5. The fourth-order valence-electron chi connectivity index (χ4n) is 2.59. The quantitative estimate of drug-likeness (QED) is 0.643. The van der Waals surface area contributed by atoms with E-state index in [4.69, 9.17) is 10.5 Å². The summed E-state index contributed by atoms with van der Waals surface area (Å²) in [5.74, 6) is 0.727. The van der Waals surface area contributed by atoms with E-state index in [0.717, 1.165) is 25.6 Å². The van der Waals surface area contributed by atoms with Gasteiger partial charge in [-0.05, 0) is 38.8 Å². The lowest BCUT2D eigenvalue weighted by atomic mass is 9.82. The number of nitrogens with two attached hydrogens (primary N) is 1. The van der Waals surface area contributed by atoms with Crippen LogP contribution in [0.15, 0.2) is 0 Å². The summed E-state index contributed by atoms with van der Waals surface area (Å²) in [6.45, 7) is 2.83. The molecule has 2 N–H and O–H groups in total. The van der Waals surface area contributed by atoms with Crippen molar-refractivity contribution in [2.75, 3.05) is 26.7 Å². The summed E-state index contributed by atoms with van der Waals surface area (Å²) in [4.78, 5) is 2.44. The Labute approximate surface area is 80.2 Å². The first-order valence-electron chi connectivity index (χ1n) is 5.33. The van der Waals surface area contributed by atoms with Gasteiger partial charge in [-0.1, -0.05) is 0 Å². The van der Waals surface area contributed by atoms with Crippen LogP contribution in [0.4, 0.5) is 0 Å². The van der Waals surface area contributed by atoms with Gasteiger partial charge in [0.1, 0.15) is 0 Å². The van der Waals surface area contributed by atoms with Gasteiger partial charge in [-0.2, -0.15) is 0 Å². The van der Waals surface area contributed by atoms with Crippen LogP contribution >= 0.6 is 0 Å². The summed E-state index contributed by atoms with van der Waals surface area (Å²) in [6, 6.07) is 0.635. The topological polar surface area (TPSA) is 38.5 Å². The molecule has 1 aliphatic carbocycles. The van der Waals surface area contributed by atoms with Crippen LogP contribution < -0.4 is 5.73 Å². The highest BCUT2D eigenvalue weighted by Crippen LogP contribution is 2.30. The van der Waals surface area contributed by atoms with Gasteiger partial charge in [-0.25, -0.2) is 0 Å². The number of likely N-dealkylation sites (N-methyl/N-ethyl adjacent to an activating group) is 1. The van der Waals surface area contributed by atoms with Gasteiger partial charge < -0.3 is 10.5 Å². The minimum atomic E-state index is 0.488. The average molecular weight is 184 g/mol. The van der Waals surface area contributed by atoms with Crippen molar-refractivity contribution in [2.24, 2.45) is 11.7 Å². The molecule has 1 saturated carbocycles. The lowest BCUT2D eigenvalue weighted by molar-refractivity contribution is -0.0874. The summed E-state index contributed by atoms with van der Waals surface area (Å²) in [6.07, 6.45) is 4.18. The number of morpholine rings is 1. The number of rotatable bonds is 1. The number of ether oxygens (including phenoxy) is 1. The Morgan fingerprint density at radius 3 is 3.08 bits per heavy atom. The molecule has 13 heavy (non-hydrogen) atoms. The molecule has 0 spiro atoms. The van der Waals surface area contributed by atoms with Crippen LogP contribution in [0, 0.1) is 5.92 Å². The van der Waals surface area contributed by atoms with Crippen LogP contribution in [0.1, 0.15) is 19.3 Å². The van der Waals surface area contributed by atoms with Crippen molar-refractivity contribution in [3.05, 3.63) is 0 Å². The highest BCUT2D eigenvalue weighted by molar-refractivity contribution is 4.89. The summed E-state index contributed by atoms with van der Waals surface area (Å²) < 4.78 is 5.76. The van der Waals surface area contributed by atoms with Crippen molar-refractivity contribution < 1.29 is 4.74 Å². The van der Waals surface area contributed by atoms with E-state index in [1.807, 2.05) is 0 Å². The zero-order valence-electron chi connectivity index (χ0n) is 8.41. The lowest BCUT2D eigenvalue weighted by Crippen LogP contribution is -2.52. The van der Waals surface area contributed by atoms with Gasteiger partial charge >= 0.3 is 0 Å². The summed E-state index contributed by atoms with van der Waals surface area (Å²) >= 11 is 0. The zero-order chi connectivity index (χ0) is 9.26. The Kier molecular flexibility index (Phi) is 2.86. The Morgan fingerprint density at radius 1 is 1.46 bits per heavy atom. The van der Waals surface area contributed by atoms with E-state index in [2.05, 4.69) is 11.9 Å². The second kappa shape index (κ2) is 3.95. The van der Waals surface area contributed by atoms with Crippen molar-refractivity contribution >= 4 is 0 Å². The van der Waals surface area contributed by atoms with E-state index < -0.39 is 0 Å². The first-order chi connectivity index (χ1) is 6.31. The van der Waals surface area contributed by atoms with E-state index in [1.165, 1.54) is 19.3 Å². The molecule has 1 heterocycles. The molecule has 0 radical (unpaired) electrons. The summed E-state index contributed by atoms with van der Waals surface area (Å²) in [7, 11) is 2.21. The molecule has 3 heteroatoms. The first-order valence-corrected chi connectivity index (χ1v) is 5.33. The molecule has 1 aliphatic heterocycles. The molecule has 2 aliphatic rings. The van der Waals surface area contributed by atoms with Gasteiger partial charge in [0.25, 0.3) is 0 Å². The largest absolute Gasteiger partial charge is 0.375 e. The smallest absolute Gasteiger partial charge is 0.0731 e. The fourth-order valence-corrected chi connectivity index (χ4v) is 2.59. The average Bonchev–Trinajstić information content (AvgIpc) is 2.18. The molecule has 3 nitrogen and oxygen atoms in total. The molecule has 0 aromatic heterocycles. The molecule has 0 bridgehead atoms. The first kappa shape index (κ1) is 9.44. The van der Waals surface area contributed by atoms with Crippen LogP contribution in [-0.2, 0) is 4.74 Å². The van der Waals surface area contributed by atoms with Gasteiger partial charge in [0.05, 0.1) is 12.7 Å². The van der Waals surface area contributed by atoms with E-state index in [-0.39, 0.29) is 0 Å². The van der Waals surface area contributed by atoms with Crippen molar-refractivity contribution in [3.63, 3.8) is 0 Å². The molecule has 3 unspecified atom stereocenters. The van der Waals surface area contributed by atoms with Crippen LogP contribution in [-0.4, -0.2) is 43.8 Å². The SMILES string of the molecule is CN1CCOC2CCC(CN)CC21. The molecule has 0 aromatic carbocycles. The molecular formula is C10H20N2O. The van der Waals surface area contributed by atoms with E-state index in [1.54, 1.807) is 0 Å². The predicted molar refractivity (Wildman–Crippen MR) is 52.6 cm³/mol. The molecule has 1 saturated heterocycles. The molecule has 0 aromatic rings.